The summed E-state index contributed by atoms with van der Waals surface area (Å²) in [6.45, 7) is 0.425. The molecule has 0 bridgehead atoms. The Morgan fingerprint density at radius 2 is 1.69 bits per heavy atom. The van der Waals surface area contributed by atoms with Gasteiger partial charge in [-0.05, 0) is 23.8 Å². The number of ether oxygens (including phenoxy) is 2. The lowest BCUT2D eigenvalue weighted by Gasteiger charge is -2.21. The molecular formula is C21H29N3O8. The average molecular weight is 451 g/mol. The molecule has 0 aliphatic carbocycles. The van der Waals surface area contributed by atoms with E-state index in [0.717, 1.165) is 4.90 Å². The number of urea groups is 1. The molecule has 1 aliphatic rings. The predicted molar refractivity (Wildman–Crippen MR) is 113 cm³/mol. The monoisotopic (exact) mass is 451 g/mol. The number of hydrogen-bond acceptors (Lipinski definition) is 8. The molecule has 1 aromatic carbocycles. The fourth-order valence-electron chi connectivity index (χ4n) is 2.95. The van der Waals surface area contributed by atoms with Gasteiger partial charge in [-0.15, -0.1) is 0 Å². The van der Waals surface area contributed by atoms with Gasteiger partial charge >= 0.3 is 6.03 Å². The van der Waals surface area contributed by atoms with E-state index >= 15 is 0 Å². The maximum atomic E-state index is 12.6. The summed E-state index contributed by atoms with van der Waals surface area (Å²) in [5.41, 5.74) is 0.767. The zero-order chi connectivity index (χ0) is 23.3. The smallest absolute Gasteiger partial charge is 0.329 e. The number of benzene rings is 1. The first-order valence-corrected chi connectivity index (χ1v) is 10.3. The predicted octanol–water partition coefficient (Wildman–Crippen LogP) is -0.830. The highest BCUT2D eigenvalue weighted by molar-refractivity contribution is 6.14. The molecule has 0 radical (unpaired) electrons. The van der Waals surface area contributed by atoms with E-state index in [0.29, 0.717) is 24.5 Å². The topological polar surface area (TPSA) is 149 Å². The molecule has 1 aromatic rings. The van der Waals surface area contributed by atoms with Crippen molar-refractivity contribution in [2.45, 2.75) is 6.42 Å². The van der Waals surface area contributed by atoms with Gasteiger partial charge in [-0.25, -0.2) is 4.79 Å². The highest BCUT2D eigenvalue weighted by Gasteiger charge is 2.33. The van der Waals surface area contributed by atoms with Crippen molar-refractivity contribution in [3.63, 3.8) is 0 Å². The van der Waals surface area contributed by atoms with Gasteiger partial charge in [-0.3, -0.25) is 14.5 Å². The van der Waals surface area contributed by atoms with Gasteiger partial charge in [0.15, 0.2) is 0 Å². The first-order chi connectivity index (χ1) is 15.5. The van der Waals surface area contributed by atoms with Gasteiger partial charge in [0.05, 0.1) is 33.0 Å². The van der Waals surface area contributed by atoms with Crippen LogP contribution in [0.1, 0.15) is 12.0 Å². The average Bonchev–Trinajstić information content (AvgIpc) is 3.05. The summed E-state index contributed by atoms with van der Waals surface area (Å²) in [6.07, 6.45) is 1.42. The Morgan fingerprint density at radius 3 is 2.31 bits per heavy atom. The molecular weight excluding hydrogens is 422 g/mol. The molecule has 1 saturated heterocycles. The van der Waals surface area contributed by atoms with E-state index in [1.165, 1.54) is 11.0 Å². The Balaban J connectivity index is 1.90. The number of imide groups is 1. The van der Waals surface area contributed by atoms with Gasteiger partial charge in [-0.1, -0.05) is 12.1 Å². The lowest BCUT2D eigenvalue weighted by Crippen LogP contribution is -2.39. The van der Waals surface area contributed by atoms with Gasteiger partial charge in [0.25, 0.3) is 5.91 Å². The zero-order valence-corrected chi connectivity index (χ0v) is 17.7. The van der Waals surface area contributed by atoms with Crippen LogP contribution in [0, 0.1) is 0 Å². The van der Waals surface area contributed by atoms with E-state index in [2.05, 4.69) is 5.32 Å². The molecule has 1 aliphatic heterocycles. The van der Waals surface area contributed by atoms with Gasteiger partial charge < -0.3 is 35.0 Å². The third kappa shape index (κ3) is 7.61. The summed E-state index contributed by atoms with van der Waals surface area (Å²) in [5.74, 6) is -0.305. The minimum atomic E-state index is -0.618. The summed E-state index contributed by atoms with van der Waals surface area (Å²) >= 11 is 0. The van der Waals surface area contributed by atoms with Crippen molar-refractivity contribution in [1.29, 1.82) is 0 Å². The van der Waals surface area contributed by atoms with Gasteiger partial charge in [0.1, 0.15) is 18.1 Å². The molecule has 1 heterocycles. The Morgan fingerprint density at radius 1 is 1.00 bits per heavy atom. The van der Waals surface area contributed by atoms with Crippen LogP contribution in [-0.4, -0.2) is 102 Å². The normalized spacial score (nSPS) is 14.7. The molecule has 176 valence electrons. The van der Waals surface area contributed by atoms with Crippen molar-refractivity contribution in [2.75, 3.05) is 59.3 Å². The van der Waals surface area contributed by atoms with E-state index in [1.54, 1.807) is 24.3 Å². The summed E-state index contributed by atoms with van der Waals surface area (Å²) in [4.78, 5) is 39.2. The minimum absolute atomic E-state index is 0.0434. The summed E-state index contributed by atoms with van der Waals surface area (Å²) in [7, 11) is 0. The Bertz CT molecular complexity index is 791. The molecule has 4 amide bonds. The second kappa shape index (κ2) is 13.4. The van der Waals surface area contributed by atoms with Crippen molar-refractivity contribution >= 4 is 23.9 Å². The highest BCUT2D eigenvalue weighted by Crippen LogP contribution is 2.17. The number of aliphatic hydroxyl groups is 3. The number of carbonyl (C=O) groups excluding carboxylic acids is 3. The van der Waals surface area contributed by atoms with Gasteiger partial charge in [-0.2, -0.15) is 0 Å². The van der Waals surface area contributed by atoms with Crippen LogP contribution in [0.25, 0.3) is 6.08 Å². The van der Waals surface area contributed by atoms with E-state index in [1.807, 2.05) is 0 Å². The number of hydrogen-bond donors (Lipinski definition) is 4. The molecule has 0 unspecified atom stereocenters. The number of amides is 4. The first-order valence-electron chi connectivity index (χ1n) is 10.3. The van der Waals surface area contributed by atoms with E-state index < -0.39 is 11.9 Å². The number of rotatable bonds is 14. The highest BCUT2D eigenvalue weighted by atomic mass is 16.5. The lowest BCUT2D eigenvalue weighted by molar-refractivity contribution is -0.132. The van der Waals surface area contributed by atoms with Crippen molar-refractivity contribution in [3.05, 3.63) is 35.5 Å². The number of aliphatic hydroxyl groups excluding tert-OH is 3. The van der Waals surface area contributed by atoms with Crippen LogP contribution in [0.4, 0.5) is 4.79 Å². The molecule has 1 fully saturated rings. The Hall–Kier alpha value is -2.99. The third-order valence-electron chi connectivity index (χ3n) is 4.53. The second-order valence-corrected chi connectivity index (χ2v) is 6.78. The van der Waals surface area contributed by atoms with Crippen LogP contribution in [0.15, 0.2) is 30.0 Å². The SMILES string of the molecule is O=C(CCN1C(=O)N/C(=C\c2ccc(OCCOCCO)cc2)C1=O)N(CCO)CCO. The van der Waals surface area contributed by atoms with Crippen molar-refractivity contribution in [2.24, 2.45) is 0 Å². The molecule has 0 spiro atoms. The van der Waals surface area contributed by atoms with Crippen molar-refractivity contribution < 1.29 is 39.2 Å². The zero-order valence-electron chi connectivity index (χ0n) is 17.7. The van der Waals surface area contributed by atoms with E-state index in [9.17, 15) is 14.4 Å². The maximum absolute atomic E-state index is 12.6. The fourth-order valence-corrected chi connectivity index (χ4v) is 2.95. The lowest BCUT2D eigenvalue weighted by atomic mass is 10.2. The third-order valence-corrected chi connectivity index (χ3v) is 4.53. The quantitative estimate of drug-likeness (QED) is 0.163. The van der Waals surface area contributed by atoms with Crippen LogP contribution in [-0.2, 0) is 14.3 Å². The molecule has 0 atom stereocenters. The van der Waals surface area contributed by atoms with Crippen LogP contribution >= 0.6 is 0 Å². The fraction of sp³-hybridized carbons (Fsp3) is 0.476. The molecule has 11 nitrogen and oxygen atoms in total. The molecule has 0 saturated carbocycles. The van der Waals surface area contributed by atoms with E-state index in [4.69, 9.17) is 24.8 Å². The van der Waals surface area contributed by atoms with Gasteiger partial charge in [0.2, 0.25) is 5.91 Å². The van der Waals surface area contributed by atoms with Crippen molar-refractivity contribution in [3.8, 4) is 5.75 Å². The summed E-state index contributed by atoms with van der Waals surface area (Å²) < 4.78 is 10.6. The van der Waals surface area contributed by atoms with Gasteiger partial charge in [0, 0.05) is 26.1 Å². The van der Waals surface area contributed by atoms with Crippen LogP contribution in [0.2, 0.25) is 0 Å². The Kier molecular flexibility index (Phi) is 10.6. The van der Waals surface area contributed by atoms with Crippen LogP contribution < -0.4 is 10.1 Å². The summed E-state index contributed by atoms with van der Waals surface area (Å²) in [5, 5.41) is 29.2. The number of nitrogens with zero attached hydrogens (tertiary/aromatic N) is 2. The van der Waals surface area contributed by atoms with E-state index in [-0.39, 0.29) is 64.1 Å². The van der Waals surface area contributed by atoms with Crippen LogP contribution in [0.3, 0.4) is 0 Å². The number of carbonyl (C=O) groups is 3. The molecule has 11 heteroatoms. The summed E-state index contributed by atoms with van der Waals surface area (Å²) in [6, 6.07) is 6.27. The minimum Gasteiger partial charge on any atom is -0.491 e. The first kappa shape index (κ1) is 25.3. The number of nitrogens with one attached hydrogen (secondary N) is 1. The largest absolute Gasteiger partial charge is 0.491 e. The second-order valence-electron chi connectivity index (χ2n) is 6.78. The molecule has 0 aromatic heterocycles. The maximum Gasteiger partial charge on any atom is 0.329 e. The molecule has 4 N–H and O–H groups in total. The standard InChI is InChI=1S/C21H29N3O8/c25-9-7-23(8-10-26)19(28)5-6-24-20(29)18(22-21(24)30)15-16-1-3-17(4-2-16)32-14-13-31-12-11-27/h1-4,15,25-27H,5-14H2,(H,22,30)/b18-15-. The van der Waals surface area contributed by atoms with Crippen molar-refractivity contribution in [1.82, 2.24) is 15.1 Å². The van der Waals surface area contributed by atoms with Crippen LogP contribution in [0.5, 0.6) is 5.75 Å². The molecule has 2 rings (SSSR count). The molecule has 32 heavy (non-hydrogen) atoms. The Labute approximate surface area is 185 Å².